The maximum Gasteiger partial charge on any atom is 0.224 e. The van der Waals surface area contributed by atoms with E-state index in [1.54, 1.807) is 20.4 Å². The highest BCUT2D eigenvalue weighted by atomic mass is 16.5. The molecule has 24 heavy (non-hydrogen) atoms. The molecule has 1 fully saturated rings. The van der Waals surface area contributed by atoms with Gasteiger partial charge < -0.3 is 24.4 Å². The van der Waals surface area contributed by atoms with Crippen LogP contribution in [-0.2, 0) is 11.3 Å². The molecule has 0 aliphatic carbocycles. The molecule has 1 saturated heterocycles. The van der Waals surface area contributed by atoms with Crippen LogP contribution in [0.5, 0.6) is 11.5 Å². The predicted molar refractivity (Wildman–Crippen MR) is 91.9 cm³/mol. The van der Waals surface area contributed by atoms with Gasteiger partial charge >= 0.3 is 0 Å². The SMILES string of the molecule is COc1ccc(CNc2nccc(N3CCOCC3)n2)c(OC)c1. The number of anilines is 2. The Labute approximate surface area is 141 Å². The van der Waals surface area contributed by atoms with Gasteiger partial charge in [0.2, 0.25) is 5.95 Å². The third-order valence-electron chi connectivity index (χ3n) is 3.91. The third kappa shape index (κ3) is 3.86. The van der Waals surface area contributed by atoms with E-state index >= 15 is 0 Å². The minimum absolute atomic E-state index is 0.569. The van der Waals surface area contributed by atoms with E-state index in [9.17, 15) is 0 Å². The van der Waals surface area contributed by atoms with Crippen molar-refractivity contribution in [2.24, 2.45) is 0 Å². The number of methoxy groups -OCH3 is 2. The van der Waals surface area contributed by atoms with Crippen molar-refractivity contribution in [1.29, 1.82) is 0 Å². The highest BCUT2D eigenvalue weighted by Crippen LogP contribution is 2.25. The summed E-state index contributed by atoms with van der Waals surface area (Å²) in [5.41, 5.74) is 1.01. The Morgan fingerprint density at radius 1 is 1.17 bits per heavy atom. The van der Waals surface area contributed by atoms with Crippen LogP contribution >= 0.6 is 0 Å². The fourth-order valence-electron chi connectivity index (χ4n) is 2.58. The van der Waals surface area contributed by atoms with E-state index in [1.807, 2.05) is 24.3 Å². The second-order valence-corrected chi connectivity index (χ2v) is 5.37. The van der Waals surface area contributed by atoms with Crippen molar-refractivity contribution in [2.45, 2.75) is 6.54 Å². The van der Waals surface area contributed by atoms with Crippen molar-refractivity contribution in [3.05, 3.63) is 36.0 Å². The number of ether oxygens (including phenoxy) is 3. The van der Waals surface area contributed by atoms with E-state index in [4.69, 9.17) is 14.2 Å². The first kappa shape index (κ1) is 16.3. The quantitative estimate of drug-likeness (QED) is 0.868. The van der Waals surface area contributed by atoms with Crippen LogP contribution in [0.3, 0.4) is 0 Å². The van der Waals surface area contributed by atoms with Crippen LogP contribution < -0.4 is 19.7 Å². The molecule has 2 heterocycles. The van der Waals surface area contributed by atoms with Crippen LogP contribution in [0.15, 0.2) is 30.5 Å². The molecular formula is C17H22N4O3. The third-order valence-corrected chi connectivity index (χ3v) is 3.91. The molecule has 7 nitrogen and oxygen atoms in total. The first-order valence-corrected chi connectivity index (χ1v) is 7.90. The highest BCUT2D eigenvalue weighted by molar-refractivity contribution is 5.45. The number of morpholine rings is 1. The molecule has 0 amide bonds. The summed E-state index contributed by atoms with van der Waals surface area (Å²) in [4.78, 5) is 11.1. The molecule has 1 aliphatic rings. The molecule has 0 spiro atoms. The summed E-state index contributed by atoms with van der Waals surface area (Å²) >= 11 is 0. The highest BCUT2D eigenvalue weighted by Gasteiger charge is 2.13. The Hall–Kier alpha value is -2.54. The Morgan fingerprint density at radius 2 is 2.00 bits per heavy atom. The molecule has 0 unspecified atom stereocenters. The Balaban J connectivity index is 1.68. The molecule has 0 saturated carbocycles. The number of hydrogen-bond acceptors (Lipinski definition) is 7. The lowest BCUT2D eigenvalue weighted by molar-refractivity contribution is 0.122. The van der Waals surface area contributed by atoms with Crippen LogP contribution in [0.1, 0.15) is 5.56 Å². The summed E-state index contributed by atoms with van der Waals surface area (Å²) < 4.78 is 16.0. The molecule has 128 valence electrons. The predicted octanol–water partition coefficient (Wildman–Crippen LogP) is 1.94. The average molecular weight is 330 g/mol. The Kier molecular flexibility index (Phi) is 5.32. The van der Waals surface area contributed by atoms with E-state index in [1.165, 1.54) is 0 Å². The standard InChI is InChI=1S/C17H22N4O3/c1-22-14-4-3-13(15(11-14)23-2)12-19-17-18-6-5-16(20-17)21-7-9-24-10-8-21/h3-6,11H,7-10,12H2,1-2H3,(H,18,19,20). The zero-order valence-corrected chi connectivity index (χ0v) is 14.0. The second-order valence-electron chi connectivity index (χ2n) is 5.37. The molecular weight excluding hydrogens is 308 g/mol. The van der Waals surface area contributed by atoms with Gasteiger partial charge in [0.15, 0.2) is 0 Å². The minimum atomic E-state index is 0.569. The number of benzene rings is 1. The minimum Gasteiger partial charge on any atom is -0.497 e. The van der Waals surface area contributed by atoms with Gasteiger partial charge in [-0.3, -0.25) is 0 Å². The smallest absolute Gasteiger partial charge is 0.224 e. The van der Waals surface area contributed by atoms with Gasteiger partial charge in [-0.2, -0.15) is 4.98 Å². The summed E-state index contributed by atoms with van der Waals surface area (Å²) in [6, 6.07) is 7.66. The molecule has 0 atom stereocenters. The van der Waals surface area contributed by atoms with Crippen molar-refractivity contribution in [3.63, 3.8) is 0 Å². The molecule has 1 aliphatic heterocycles. The summed E-state index contributed by atoms with van der Waals surface area (Å²) in [6.45, 7) is 3.73. The van der Waals surface area contributed by atoms with Gasteiger partial charge in [-0.15, -0.1) is 0 Å². The molecule has 0 radical (unpaired) electrons. The number of rotatable bonds is 6. The summed E-state index contributed by atoms with van der Waals surface area (Å²) in [5, 5.41) is 3.25. The van der Waals surface area contributed by atoms with Gasteiger partial charge in [0.1, 0.15) is 17.3 Å². The van der Waals surface area contributed by atoms with Gasteiger partial charge in [0.05, 0.1) is 27.4 Å². The van der Waals surface area contributed by atoms with Gasteiger partial charge in [-0.25, -0.2) is 4.98 Å². The van der Waals surface area contributed by atoms with E-state index in [2.05, 4.69) is 20.2 Å². The number of nitrogens with one attached hydrogen (secondary N) is 1. The van der Waals surface area contributed by atoms with Gasteiger partial charge in [-0.1, -0.05) is 0 Å². The average Bonchev–Trinajstić information content (AvgIpc) is 2.67. The largest absolute Gasteiger partial charge is 0.497 e. The van der Waals surface area contributed by atoms with Crippen LogP contribution in [0.4, 0.5) is 11.8 Å². The van der Waals surface area contributed by atoms with E-state index in [0.29, 0.717) is 12.5 Å². The van der Waals surface area contributed by atoms with Crippen LogP contribution in [0, 0.1) is 0 Å². The summed E-state index contributed by atoms with van der Waals surface area (Å²) in [7, 11) is 3.28. The lowest BCUT2D eigenvalue weighted by Gasteiger charge is -2.27. The lowest BCUT2D eigenvalue weighted by Crippen LogP contribution is -2.36. The molecule has 0 bridgehead atoms. The van der Waals surface area contributed by atoms with Crippen molar-refractivity contribution in [3.8, 4) is 11.5 Å². The topological polar surface area (TPSA) is 68.7 Å². The molecule has 1 aromatic carbocycles. The maximum absolute atomic E-state index is 5.41. The van der Waals surface area contributed by atoms with Crippen molar-refractivity contribution >= 4 is 11.8 Å². The van der Waals surface area contributed by atoms with Gasteiger partial charge in [0.25, 0.3) is 0 Å². The number of aromatic nitrogens is 2. The Bertz CT molecular complexity index is 675. The second kappa shape index (κ2) is 7.83. The van der Waals surface area contributed by atoms with Crippen molar-refractivity contribution in [2.75, 3.05) is 50.7 Å². The number of hydrogen-bond donors (Lipinski definition) is 1. The first-order chi connectivity index (χ1) is 11.8. The lowest BCUT2D eigenvalue weighted by atomic mass is 10.2. The number of nitrogens with zero attached hydrogens (tertiary/aromatic N) is 3. The zero-order valence-electron chi connectivity index (χ0n) is 14.0. The maximum atomic E-state index is 5.41. The van der Waals surface area contributed by atoms with Crippen LogP contribution in [0.25, 0.3) is 0 Å². The molecule has 7 heteroatoms. The van der Waals surface area contributed by atoms with Gasteiger partial charge in [-0.05, 0) is 18.2 Å². The van der Waals surface area contributed by atoms with Crippen LogP contribution in [-0.4, -0.2) is 50.5 Å². The summed E-state index contributed by atoms with van der Waals surface area (Å²) in [6.07, 6.45) is 1.77. The van der Waals surface area contributed by atoms with Crippen molar-refractivity contribution < 1.29 is 14.2 Å². The van der Waals surface area contributed by atoms with E-state index < -0.39 is 0 Å². The Morgan fingerprint density at radius 3 is 2.75 bits per heavy atom. The molecule has 1 aromatic heterocycles. The molecule has 1 N–H and O–H groups in total. The van der Waals surface area contributed by atoms with Gasteiger partial charge in [0, 0.05) is 37.5 Å². The molecule has 2 aromatic rings. The monoisotopic (exact) mass is 330 g/mol. The van der Waals surface area contributed by atoms with Crippen molar-refractivity contribution in [1.82, 2.24) is 9.97 Å². The van der Waals surface area contributed by atoms with Crippen LogP contribution in [0.2, 0.25) is 0 Å². The zero-order chi connectivity index (χ0) is 16.8. The fraction of sp³-hybridized carbons (Fsp3) is 0.412. The fourth-order valence-corrected chi connectivity index (χ4v) is 2.58. The van der Waals surface area contributed by atoms with E-state index in [0.717, 1.165) is 49.2 Å². The normalized spacial score (nSPS) is 14.3. The van der Waals surface area contributed by atoms with E-state index in [-0.39, 0.29) is 0 Å². The summed E-state index contributed by atoms with van der Waals surface area (Å²) in [5.74, 6) is 3.04. The molecule has 3 rings (SSSR count). The first-order valence-electron chi connectivity index (χ1n) is 7.90.